The molecule has 2 N–H and O–H groups in total. The molecule has 6 nitrogen and oxygen atoms in total. The summed E-state index contributed by atoms with van der Waals surface area (Å²) in [7, 11) is -3.76. The summed E-state index contributed by atoms with van der Waals surface area (Å²) in [5, 5.41) is 2.88. The van der Waals surface area contributed by atoms with Crippen molar-refractivity contribution < 1.29 is 17.6 Å². The van der Waals surface area contributed by atoms with Crippen molar-refractivity contribution >= 4 is 33.2 Å². The van der Waals surface area contributed by atoms with Crippen LogP contribution in [0.3, 0.4) is 0 Å². The van der Waals surface area contributed by atoms with Crippen LogP contribution in [0.5, 0.6) is 0 Å². The van der Waals surface area contributed by atoms with Crippen molar-refractivity contribution in [1.82, 2.24) is 5.32 Å². The molecule has 8 heteroatoms. The standard InChI is InChI=1S/C18H15ClN2O4S/c19-17-9-8-13(21-26(23,24)15-6-2-1-3-7-15)11-16(17)18(22)20-12-14-5-4-10-25-14/h1-11,21H,12H2,(H,20,22). The SMILES string of the molecule is O=C(NCc1ccco1)c1cc(NS(=O)(=O)c2ccccc2)ccc1Cl. The third-order valence-corrected chi connectivity index (χ3v) is 5.25. The first-order chi connectivity index (χ1) is 12.5. The summed E-state index contributed by atoms with van der Waals surface area (Å²) in [5.74, 6) is 0.155. The number of hydrogen-bond acceptors (Lipinski definition) is 4. The average molecular weight is 391 g/mol. The van der Waals surface area contributed by atoms with Gasteiger partial charge < -0.3 is 9.73 Å². The van der Waals surface area contributed by atoms with E-state index < -0.39 is 15.9 Å². The van der Waals surface area contributed by atoms with Crippen LogP contribution in [0.2, 0.25) is 5.02 Å². The van der Waals surface area contributed by atoms with E-state index in [0.29, 0.717) is 5.76 Å². The first-order valence-corrected chi connectivity index (χ1v) is 9.50. The van der Waals surface area contributed by atoms with Crippen molar-refractivity contribution in [3.05, 3.63) is 83.3 Å². The predicted molar refractivity (Wildman–Crippen MR) is 98.6 cm³/mol. The van der Waals surface area contributed by atoms with Gasteiger partial charge in [0.2, 0.25) is 0 Å². The van der Waals surface area contributed by atoms with Crippen molar-refractivity contribution in [1.29, 1.82) is 0 Å². The molecule has 0 unspecified atom stereocenters. The van der Waals surface area contributed by atoms with Gasteiger partial charge in [-0.2, -0.15) is 0 Å². The molecule has 1 heterocycles. The third kappa shape index (κ3) is 4.25. The number of sulfonamides is 1. The van der Waals surface area contributed by atoms with Crippen molar-refractivity contribution in [2.75, 3.05) is 4.72 Å². The molecule has 0 aliphatic rings. The van der Waals surface area contributed by atoms with E-state index in [1.54, 1.807) is 30.3 Å². The smallest absolute Gasteiger partial charge is 0.261 e. The number of rotatable bonds is 6. The second-order valence-corrected chi connectivity index (χ2v) is 7.46. The van der Waals surface area contributed by atoms with Crippen molar-refractivity contribution in [3.8, 4) is 0 Å². The molecule has 3 aromatic rings. The largest absolute Gasteiger partial charge is 0.467 e. The van der Waals surface area contributed by atoms with Gasteiger partial charge in [-0.3, -0.25) is 9.52 Å². The average Bonchev–Trinajstić information content (AvgIpc) is 3.15. The van der Waals surface area contributed by atoms with Crippen LogP contribution in [0.4, 0.5) is 5.69 Å². The van der Waals surface area contributed by atoms with Gasteiger partial charge >= 0.3 is 0 Å². The molecule has 2 aromatic carbocycles. The van der Waals surface area contributed by atoms with Crippen LogP contribution in [-0.2, 0) is 16.6 Å². The highest BCUT2D eigenvalue weighted by molar-refractivity contribution is 7.92. The number of furan rings is 1. The van der Waals surface area contributed by atoms with Crippen LogP contribution in [0, 0.1) is 0 Å². The van der Waals surface area contributed by atoms with E-state index in [1.807, 2.05) is 0 Å². The highest BCUT2D eigenvalue weighted by atomic mass is 35.5. The van der Waals surface area contributed by atoms with E-state index >= 15 is 0 Å². The van der Waals surface area contributed by atoms with Crippen LogP contribution >= 0.6 is 11.6 Å². The van der Waals surface area contributed by atoms with Gasteiger partial charge in [0.05, 0.1) is 28.3 Å². The van der Waals surface area contributed by atoms with Crippen LogP contribution < -0.4 is 10.0 Å². The Morgan fingerprint density at radius 2 is 1.81 bits per heavy atom. The Hall–Kier alpha value is -2.77. The zero-order valence-electron chi connectivity index (χ0n) is 13.5. The van der Waals surface area contributed by atoms with Crippen LogP contribution in [0.15, 0.2) is 76.2 Å². The molecule has 134 valence electrons. The Balaban J connectivity index is 1.78. The van der Waals surface area contributed by atoms with Gasteiger partial charge in [0.1, 0.15) is 5.76 Å². The van der Waals surface area contributed by atoms with Crippen LogP contribution in [-0.4, -0.2) is 14.3 Å². The minimum absolute atomic E-state index is 0.124. The molecule has 0 atom stereocenters. The van der Waals surface area contributed by atoms with Crippen molar-refractivity contribution in [2.24, 2.45) is 0 Å². The fourth-order valence-electron chi connectivity index (χ4n) is 2.25. The maximum Gasteiger partial charge on any atom is 0.261 e. The minimum Gasteiger partial charge on any atom is -0.467 e. The van der Waals surface area contributed by atoms with E-state index in [1.165, 1.54) is 36.6 Å². The first kappa shape index (κ1) is 18.0. The molecule has 3 rings (SSSR count). The summed E-state index contributed by atoms with van der Waals surface area (Å²) in [6.07, 6.45) is 1.51. The maximum absolute atomic E-state index is 12.4. The number of nitrogens with one attached hydrogen (secondary N) is 2. The van der Waals surface area contributed by atoms with Gasteiger partial charge in [-0.05, 0) is 42.5 Å². The highest BCUT2D eigenvalue weighted by Crippen LogP contribution is 2.23. The quantitative estimate of drug-likeness (QED) is 0.672. The summed E-state index contributed by atoms with van der Waals surface area (Å²) in [4.78, 5) is 12.5. The third-order valence-electron chi connectivity index (χ3n) is 3.52. The summed E-state index contributed by atoms with van der Waals surface area (Å²) in [6, 6.07) is 15.7. The number of carbonyl (C=O) groups excluding carboxylic acids is 1. The van der Waals surface area contributed by atoms with Gasteiger partial charge in [-0.1, -0.05) is 29.8 Å². The van der Waals surface area contributed by atoms with Crippen LogP contribution in [0.25, 0.3) is 0 Å². The second-order valence-electron chi connectivity index (χ2n) is 5.38. The molecule has 1 aromatic heterocycles. The Morgan fingerprint density at radius 3 is 2.50 bits per heavy atom. The van der Waals surface area contributed by atoms with E-state index in [4.69, 9.17) is 16.0 Å². The lowest BCUT2D eigenvalue weighted by atomic mass is 10.2. The molecule has 0 saturated carbocycles. The Bertz CT molecular complexity index is 1000. The molecule has 0 aliphatic carbocycles. The molecule has 0 spiro atoms. The lowest BCUT2D eigenvalue weighted by molar-refractivity contribution is 0.0948. The van der Waals surface area contributed by atoms with E-state index in [-0.39, 0.29) is 27.7 Å². The molecule has 0 bridgehead atoms. The zero-order valence-corrected chi connectivity index (χ0v) is 15.0. The molecule has 1 amide bonds. The number of amides is 1. The van der Waals surface area contributed by atoms with Crippen molar-refractivity contribution in [2.45, 2.75) is 11.4 Å². The van der Waals surface area contributed by atoms with Gasteiger partial charge in [0, 0.05) is 5.69 Å². The summed E-state index contributed by atoms with van der Waals surface area (Å²) in [6.45, 7) is 0.197. The van der Waals surface area contributed by atoms with E-state index in [9.17, 15) is 13.2 Å². The van der Waals surface area contributed by atoms with Gasteiger partial charge in [-0.25, -0.2) is 8.42 Å². The number of halogens is 1. The first-order valence-electron chi connectivity index (χ1n) is 7.64. The van der Waals surface area contributed by atoms with Crippen LogP contribution in [0.1, 0.15) is 16.1 Å². The predicted octanol–water partition coefficient (Wildman–Crippen LogP) is 3.66. The van der Waals surface area contributed by atoms with E-state index in [0.717, 1.165) is 0 Å². The number of carbonyl (C=O) groups is 1. The van der Waals surface area contributed by atoms with Gasteiger partial charge in [0.25, 0.3) is 15.9 Å². The molecule has 0 saturated heterocycles. The molecule has 26 heavy (non-hydrogen) atoms. The number of benzene rings is 2. The zero-order chi connectivity index (χ0) is 18.6. The molecule has 0 radical (unpaired) electrons. The highest BCUT2D eigenvalue weighted by Gasteiger charge is 2.16. The normalized spacial score (nSPS) is 11.1. The molecular formula is C18H15ClN2O4S. The summed E-state index contributed by atoms with van der Waals surface area (Å²) in [5.41, 5.74) is 0.396. The van der Waals surface area contributed by atoms with E-state index in [2.05, 4.69) is 10.0 Å². The molecule has 0 fully saturated rings. The number of hydrogen-bond donors (Lipinski definition) is 2. The van der Waals surface area contributed by atoms with Gasteiger partial charge in [-0.15, -0.1) is 0 Å². The Morgan fingerprint density at radius 1 is 1.04 bits per heavy atom. The topological polar surface area (TPSA) is 88.4 Å². The van der Waals surface area contributed by atoms with Gasteiger partial charge in [0.15, 0.2) is 0 Å². The molecule has 0 aliphatic heterocycles. The fraction of sp³-hybridized carbons (Fsp3) is 0.0556. The monoisotopic (exact) mass is 390 g/mol. The summed E-state index contributed by atoms with van der Waals surface area (Å²) >= 11 is 6.08. The fourth-order valence-corrected chi connectivity index (χ4v) is 3.53. The second kappa shape index (κ2) is 7.63. The maximum atomic E-state index is 12.4. The Kier molecular flexibility index (Phi) is 5.29. The lowest BCUT2D eigenvalue weighted by Crippen LogP contribution is -2.23. The molecular weight excluding hydrogens is 376 g/mol. The van der Waals surface area contributed by atoms with Crippen molar-refractivity contribution in [3.63, 3.8) is 0 Å². The minimum atomic E-state index is -3.76. The lowest BCUT2D eigenvalue weighted by Gasteiger charge is -2.11. The number of anilines is 1. The summed E-state index contributed by atoms with van der Waals surface area (Å²) < 4.78 is 32.4. The Labute approximate surface area is 155 Å².